The molecule has 17 heavy (non-hydrogen) atoms. The van der Waals surface area contributed by atoms with E-state index in [-0.39, 0.29) is 0 Å². The molecule has 0 amide bonds. The van der Waals surface area contributed by atoms with Crippen molar-refractivity contribution in [3.05, 3.63) is 39.8 Å². The molecule has 1 heterocycles. The first-order valence-electron chi connectivity index (χ1n) is 5.56. The van der Waals surface area contributed by atoms with Gasteiger partial charge in [-0.3, -0.25) is 0 Å². The summed E-state index contributed by atoms with van der Waals surface area (Å²) in [5, 5.41) is 1.13. The molecule has 0 saturated heterocycles. The molecule has 0 aliphatic heterocycles. The van der Waals surface area contributed by atoms with E-state index in [1.807, 2.05) is 31.2 Å². The van der Waals surface area contributed by atoms with Gasteiger partial charge in [0.25, 0.3) is 0 Å². The maximum atomic E-state index is 5.63. The van der Waals surface area contributed by atoms with Crippen LogP contribution in [0.4, 0.5) is 5.69 Å². The number of nitrogens with zero attached hydrogens (tertiary/aromatic N) is 1. The van der Waals surface area contributed by atoms with Gasteiger partial charge in [-0.1, -0.05) is 0 Å². The molecule has 1 aromatic carbocycles. The standard InChI is InChI=1S/C13H16N2OS/c1-9-10(2)17-13(15-9)7-8-16-12-5-3-11(14)4-6-12/h3-6H,7-8,14H2,1-2H3. The fourth-order valence-corrected chi connectivity index (χ4v) is 2.38. The van der Waals surface area contributed by atoms with Gasteiger partial charge in [-0.2, -0.15) is 0 Å². The minimum absolute atomic E-state index is 0.649. The second-order valence-electron chi connectivity index (χ2n) is 3.92. The zero-order valence-corrected chi connectivity index (χ0v) is 10.9. The van der Waals surface area contributed by atoms with Crippen LogP contribution >= 0.6 is 11.3 Å². The Hall–Kier alpha value is -1.55. The van der Waals surface area contributed by atoms with Crippen LogP contribution in [-0.4, -0.2) is 11.6 Å². The van der Waals surface area contributed by atoms with E-state index in [2.05, 4.69) is 11.9 Å². The molecule has 0 spiro atoms. The monoisotopic (exact) mass is 248 g/mol. The largest absolute Gasteiger partial charge is 0.493 e. The third-order valence-corrected chi connectivity index (χ3v) is 3.67. The Morgan fingerprint density at radius 3 is 2.53 bits per heavy atom. The highest BCUT2D eigenvalue weighted by Gasteiger charge is 2.03. The smallest absolute Gasteiger partial charge is 0.119 e. The van der Waals surface area contributed by atoms with Crippen LogP contribution in [0.3, 0.4) is 0 Å². The molecule has 0 saturated carbocycles. The molecule has 4 heteroatoms. The summed E-state index contributed by atoms with van der Waals surface area (Å²) in [6.07, 6.45) is 0.851. The van der Waals surface area contributed by atoms with Crippen LogP contribution in [0.1, 0.15) is 15.6 Å². The Bertz CT molecular complexity index is 471. The summed E-state index contributed by atoms with van der Waals surface area (Å²) >= 11 is 1.74. The number of anilines is 1. The number of rotatable bonds is 4. The molecule has 0 unspecified atom stereocenters. The lowest BCUT2D eigenvalue weighted by Crippen LogP contribution is -2.01. The topological polar surface area (TPSA) is 48.1 Å². The molecule has 0 fully saturated rings. The molecule has 2 N–H and O–H groups in total. The van der Waals surface area contributed by atoms with E-state index < -0.39 is 0 Å². The minimum atomic E-state index is 0.649. The van der Waals surface area contributed by atoms with Crippen molar-refractivity contribution >= 4 is 17.0 Å². The molecule has 2 rings (SSSR count). The Balaban J connectivity index is 1.85. The van der Waals surface area contributed by atoms with Crippen LogP contribution < -0.4 is 10.5 Å². The molecule has 0 aliphatic carbocycles. The molecular formula is C13H16N2OS. The van der Waals surface area contributed by atoms with E-state index in [0.717, 1.165) is 28.6 Å². The summed E-state index contributed by atoms with van der Waals surface area (Å²) in [6.45, 7) is 4.78. The second kappa shape index (κ2) is 5.19. The van der Waals surface area contributed by atoms with E-state index >= 15 is 0 Å². The van der Waals surface area contributed by atoms with Crippen molar-refractivity contribution in [3.63, 3.8) is 0 Å². The summed E-state index contributed by atoms with van der Waals surface area (Å²) in [4.78, 5) is 5.76. The van der Waals surface area contributed by atoms with Crippen molar-refractivity contribution in [1.29, 1.82) is 0 Å². The number of nitrogen functional groups attached to an aromatic ring is 1. The number of hydrogen-bond donors (Lipinski definition) is 1. The molecule has 0 radical (unpaired) electrons. The maximum absolute atomic E-state index is 5.63. The van der Waals surface area contributed by atoms with Gasteiger partial charge in [0.1, 0.15) is 5.75 Å². The van der Waals surface area contributed by atoms with Crippen LogP contribution in [0.15, 0.2) is 24.3 Å². The SMILES string of the molecule is Cc1nc(CCOc2ccc(N)cc2)sc1C. The third-order valence-electron chi connectivity index (χ3n) is 2.54. The first-order chi connectivity index (χ1) is 8.15. The highest BCUT2D eigenvalue weighted by atomic mass is 32.1. The number of thiazole rings is 1. The van der Waals surface area contributed by atoms with Crippen molar-refractivity contribution in [2.75, 3.05) is 12.3 Å². The maximum Gasteiger partial charge on any atom is 0.119 e. The predicted molar refractivity (Wildman–Crippen MR) is 71.6 cm³/mol. The molecular weight excluding hydrogens is 232 g/mol. The van der Waals surface area contributed by atoms with Gasteiger partial charge >= 0.3 is 0 Å². The Morgan fingerprint density at radius 1 is 1.24 bits per heavy atom. The Labute approximate surface area is 105 Å². The molecule has 0 atom stereocenters. The van der Waals surface area contributed by atoms with Gasteiger partial charge in [0.15, 0.2) is 0 Å². The summed E-state index contributed by atoms with van der Waals surface area (Å²) in [5.41, 5.74) is 7.48. The summed E-state index contributed by atoms with van der Waals surface area (Å²) < 4.78 is 5.63. The fourth-order valence-electron chi connectivity index (χ4n) is 1.47. The van der Waals surface area contributed by atoms with Crippen molar-refractivity contribution in [3.8, 4) is 5.75 Å². The van der Waals surface area contributed by atoms with Crippen molar-refractivity contribution in [2.45, 2.75) is 20.3 Å². The van der Waals surface area contributed by atoms with Crippen LogP contribution in [0, 0.1) is 13.8 Å². The summed E-state index contributed by atoms with van der Waals surface area (Å²) in [6, 6.07) is 7.45. The Morgan fingerprint density at radius 2 is 1.94 bits per heavy atom. The van der Waals surface area contributed by atoms with Crippen LogP contribution in [-0.2, 0) is 6.42 Å². The highest BCUT2D eigenvalue weighted by Crippen LogP contribution is 2.18. The molecule has 3 nitrogen and oxygen atoms in total. The van der Waals surface area contributed by atoms with E-state index in [0.29, 0.717) is 6.61 Å². The van der Waals surface area contributed by atoms with Gasteiger partial charge in [0.05, 0.1) is 17.3 Å². The average Bonchev–Trinajstić information content (AvgIpc) is 2.61. The zero-order valence-electron chi connectivity index (χ0n) is 10.1. The lowest BCUT2D eigenvalue weighted by atomic mass is 10.3. The van der Waals surface area contributed by atoms with E-state index in [4.69, 9.17) is 10.5 Å². The molecule has 0 aliphatic rings. The predicted octanol–water partition coefficient (Wildman–Crippen LogP) is 2.96. The first-order valence-corrected chi connectivity index (χ1v) is 6.38. The van der Waals surface area contributed by atoms with Crippen molar-refractivity contribution in [1.82, 2.24) is 4.98 Å². The third kappa shape index (κ3) is 3.20. The average molecular weight is 248 g/mol. The molecule has 1 aromatic heterocycles. The van der Waals surface area contributed by atoms with Gasteiger partial charge in [-0.05, 0) is 38.1 Å². The molecule has 2 aromatic rings. The number of ether oxygens (including phenoxy) is 1. The van der Waals surface area contributed by atoms with Gasteiger partial charge in [0, 0.05) is 17.0 Å². The van der Waals surface area contributed by atoms with Gasteiger partial charge in [0.2, 0.25) is 0 Å². The molecule has 0 bridgehead atoms. The number of aromatic nitrogens is 1. The lowest BCUT2D eigenvalue weighted by Gasteiger charge is -2.04. The minimum Gasteiger partial charge on any atom is -0.493 e. The van der Waals surface area contributed by atoms with Gasteiger partial charge in [-0.25, -0.2) is 4.98 Å². The normalized spacial score (nSPS) is 10.5. The number of aryl methyl sites for hydroxylation is 2. The number of nitrogens with two attached hydrogens (primary N) is 1. The van der Waals surface area contributed by atoms with Crippen molar-refractivity contribution < 1.29 is 4.74 Å². The summed E-state index contributed by atoms with van der Waals surface area (Å²) in [5.74, 6) is 0.851. The molecule has 90 valence electrons. The number of hydrogen-bond acceptors (Lipinski definition) is 4. The second-order valence-corrected chi connectivity index (χ2v) is 5.20. The fraction of sp³-hybridized carbons (Fsp3) is 0.308. The van der Waals surface area contributed by atoms with E-state index in [1.165, 1.54) is 4.88 Å². The van der Waals surface area contributed by atoms with Gasteiger partial charge in [-0.15, -0.1) is 11.3 Å². The van der Waals surface area contributed by atoms with E-state index in [1.54, 1.807) is 11.3 Å². The van der Waals surface area contributed by atoms with Crippen LogP contribution in [0.25, 0.3) is 0 Å². The van der Waals surface area contributed by atoms with E-state index in [9.17, 15) is 0 Å². The summed E-state index contributed by atoms with van der Waals surface area (Å²) in [7, 11) is 0. The quantitative estimate of drug-likeness (QED) is 0.846. The van der Waals surface area contributed by atoms with Gasteiger partial charge < -0.3 is 10.5 Å². The Kier molecular flexibility index (Phi) is 3.64. The van der Waals surface area contributed by atoms with Crippen LogP contribution in [0.5, 0.6) is 5.75 Å². The lowest BCUT2D eigenvalue weighted by molar-refractivity contribution is 0.322. The van der Waals surface area contributed by atoms with Crippen LogP contribution in [0.2, 0.25) is 0 Å². The number of benzene rings is 1. The first kappa shape index (κ1) is 11.9. The highest BCUT2D eigenvalue weighted by molar-refractivity contribution is 7.11. The zero-order chi connectivity index (χ0) is 12.3. The van der Waals surface area contributed by atoms with Crippen molar-refractivity contribution in [2.24, 2.45) is 0 Å².